The number of carbonyl (C=O) groups excluding carboxylic acids is 1. The first kappa shape index (κ1) is 9.62. The largest absolute Gasteiger partial charge is 0.461 e. The Morgan fingerprint density at radius 2 is 2.40 bits per heavy atom. The van der Waals surface area contributed by atoms with Crippen molar-refractivity contribution in [3.05, 3.63) is 11.9 Å². The van der Waals surface area contributed by atoms with E-state index in [1.807, 2.05) is 0 Å². The minimum absolute atomic E-state index is 0.197. The van der Waals surface area contributed by atoms with E-state index in [-0.39, 0.29) is 6.61 Å². The molecule has 0 aliphatic heterocycles. The van der Waals surface area contributed by atoms with E-state index in [1.165, 1.54) is 0 Å². The average Bonchev–Trinajstić information content (AvgIpc) is 1.89. The molecule has 0 rings (SSSR count). The van der Waals surface area contributed by atoms with Gasteiger partial charge in [-0.1, -0.05) is 15.9 Å². The van der Waals surface area contributed by atoms with Crippen molar-refractivity contribution in [2.24, 2.45) is 0 Å². The number of rotatable bonds is 3. The smallest absolute Gasteiger partial charge is 0.366 e. The minimum atomic E-state index is -0.901. The van der Waals surface area contributed by atoms with Gasteiger partial charge in [-0.15, -0.1) is 0 Å². The molecule has 0 bridgehead atoms. The van der Waals surface area contributed by atoms with Gasteiger partial charge in [0, 0.05) is 5.33 Å². The normalized spacial score (nSPS) is 11.3. The molecule has 0 aromatic heterocycles. The Bertz CT molecular complexity index is 145. The molecule has 0 saturated heterocycles. The van der Waals surface area contributed by atoms with Gasteiger partial charge in [0.25, 0.3) is 0 Å². The summed E-state index contributed by atoms with van der Waals surface area (Å²) in [6.07, 6.45) is 1.11. The van der Waals surface area contributed by atoms with Crippen molar-refractivity contribution in [1.82, 2.24) is 0 Å². The third-order valence-electron chi connectivity index (χ3n) is 0.727. The molecule has 0 saturated carbocycles. The topological polar surface area (TPSA) is 26.3 Å². The van der Waals surface area contributed by atoms with Crippen LogP contribution in [-0.2, 0) is 9.53 Å². The van der Waals surface area contributed by atoms with Gasteiger partial charge in [0.1, 0.15) is 0 Å². The van der Waals surface area contributed by atoms with Crippen LogP contribution in [0.2, 0.25) is 0 Å². The summed E-state index contributed by atoms with van der Waals surface area (Å²) in [6.45, 7) is 1.82. The maximum atomic E-state index is 12.3. The van der Waals surface area contributed by atoms with Gasteiger partial charge >= 0.3 is 5.97 Å². The van der Waals surface area contributed by atoms with Crippen LogP contribution in [0.3, 0.4) is 0 Å². The molecule has 0 aromatic carbocycles. The average molecular weight is 211 g/mol. The number of hydrogen-bond acceptors (Lipinski definition) is 2. The van der Waals surface area contributed by atoms with Crippen LogP contribution in [0.4, 0.5) is 4.39 Å². The lowest BCUT2D eigenvalue weighted by atomic mass is 10.5. The fourth-order valence-corrected chi connectivity index (χ4v) is 0.635. The number of esters is 1. The zero-order chi connectivity index (χ0) is 7.98. The highest BCUT2D eigenvalue weighted by atomic mass is 79.9. The fraction of sp³-hybridized carbons (Fsp3) is 0.500. The first-order valence-corrected chi connectivity index (χ1v) is 3.93. The van der Waals surface area contributed by atoms with E-state index in [4.69, 9.17) is 0 Å². The number of alkyl halides is 1. The van der Waals surface area contributed by atoms with Crippen LogP contribution in [0.5, 0.6) is 0 Å². The van der Waals surface area contributed by atoms with Crippen molar-refractivity contribution in [3.8, 4) is 0 Å². The second-order valence-corrected chi connectivity index (χ2v) is 2.07. The number of hydrogen-bond donors (Lipinski definition) is 0. The van der Waals surface area contributed by atoms with Crippen molar-refractivity contribution in [2.45, 2.75) is 6.92 Å². The van der Waals surface area contributed by atoms with Gasteiger partial charge in [-0.2, -0.15) is 4.39 Å². The van der Waals surface area contributed by atoms with Crippen LogP contribution < -0.4 is 0 Å². The number of allylic oxidation sites excluding steroid dienone is 1. The maximum Gasteiger partial charge on any atom is 0.366 e. The van der Waals surface area contributed by atoms with E-state index >= 15 is 0 Å². The van der Waals surface area contributed by atoms with Crippen LogP contribution in [0.25, 0.3) is 0 Å². The van der Waals surface area contributed by atoms with Crippen molar-refractivity contribution >= 4 is 21.9 Å². The Morgan fingerprint density at radius 3 is 2.80 bits per heavy atom. The molecule has 0 fully saturated rings. The molecular weight excluding hydrogens is 203 g/mol. The monoisotopic (exact) mass is 210 g/mol. The van der Waals surface area contributed by atoms with Crippen LogP contribution in [0.1, 0.15) is 6.92 Å². The second kappa shape index (κ2) is 5.41. The Morgan fingerprint density at radius 1 is 1.80 bits per heavy atom. The molecule has 0 N–H and O–H groups in total. The third-order valence-corrected chi connectivity index (χ3v) is 1.05. The highest BCUT2D eigenvalue weighted by Gasteiger charge is 2.06. The molecule has 0 aliphatic rings. The van der Waals surface area contributed by atoms with Gasteiger partial charge in [-0.25, -0.2) is 4.79 Å². The van der Waals surface area contributed by atoms with Crippen molar-refractivity contribution in [1.29, 1.82) is 0 Å². The molecule has 10 heavy (non-hydrogen) atoms. The number of carbonyl (C=O) groups is 1. The highest BCUT2D eigenvalue weighted by Crippen LogP contribution is 2.00. The second-order valence-electron chi connectivity index (χ2n) is 1.43. The Labute approximate surface area is 67.2 Å². The van der Waals surface area contributed by atoms with E-state index in [2.05, 4.69) is 20.7 Å². The Hall–Kier alpha value is -0.380. The predicted octanol–water partition coefficient (Wildman–Crippen LogP) is 1.80. The first-order valence-electron chi connectivity index (χ1n) is 2.81. The van der Waals surface area contributed by atoms with Crippen LogP contribution >= 0.6 is 15.9 Å². The number of halogens is 2. The standard InChI is InChI=1S/C6H8BrFO2/c1-2-10-6(9)5(8)3-4-7/h3H,2,4H2,1H3/b5-3-. The van der Waals surface area contributed by atoms with Gasteiger partial charge in [0.15, 0.2) is 0 Å². The summed E-state index contributed by atoms with van der Waals surface area (Å²) in [5.74, 6) is -1.75. The summed E-state index contributed by atoms with van der Waals surface area (Å²) in [5.41, 5.74) is 0. The van der Waals surface area contributed by atoms with Gasteiger partial charge in [0.2, 0.25) is 5.83 Å². The summed E-state index contributed by atoms with van der Waals surface area (Å²) in [7, 11) is 0. The fourth-order valence-electron chi connectivity index (χ4n) is 0.351. The van der Waals surface area contributed by atoms with Gasteiger partial charge < -0.3 is 4.74 Å². The van der Waals surface area contributed by atoms with Crippen LogP contribution in [-0.4, -0.2) is 17.9 Å². The van der Waals surface area contributed by atoms with E-state index < -0.39 is 11.8 Å². The number of ether oxygens (including phenoxy) is 1. The van der Waals surface area contributed by atoms with Crippen LogP contribution in [0.15, 0.2) is 11.9 Å². The SMILES string of the molecule is CCOC(=O)/C(F)=C/CBr. The van der Waals surface area contributed by atoms with Crippen LogP contribution in [0, 0.1) is 0 Å². The highest BCUT2D eigenvalue weighted by molar-refractivity contribution is 9.09. The summed E-state index contributed by atoms with van der Waals surface area (Å²) in [6, 6.07) is 0. The van der Waals surface area contributed by atoms with Gasteiger partial charge in [-0.3, -0.25) is 0 Å². The van der Waals surface area contributed by atoms with Gasteiger partial charge in [0.05, 0.1) is 6.61 Å². The zero-order valence-electron chi connectivity index (χ0n) is 5.56. The molecule has 0 unspecified atom stereocenters. The Kier molecular flexibility index (Phi) is 5.20. The van der Waals surface area contributed by atoms with E-state index in [1.54, 1.807) is 6.92 Å². The molecule has 0 amide bonds. The summed E-state index contributed by atoms with van der Waals surface area (Å²) in [5, 5.41) is 0.317. The molecule has 0 radical (unpaired) electrons. The molecule has 4 heteroatoms. The lowest BCUT2D eigenvalue weighted by Crippen LogP contribution is -2.04. The van der Waals surface area contributed by atoms with Crippen molar-refractivity contribution in [2.75, 3.05) is 11.9 Å². The molecular formula is C6H8BrFO2. The minimum Gasteiger partial charge on any atom is -0.461 e. The lowest BCUT2D eigenvalue weighted by molar-refractivity contribution is -0.140. The predicted molar refractivity (Wildman–Crippen MR) is 39.6 cm³/mol. The van der Waals surface area contributed by atoms with E-state index in [0.29, 0.717) is 5.33 Å². The Balaban J connectivity index is 3.82. The summed E-state index contributed by atoms with van der Waals surface area (Å²) < 4.78 is 16.7. The lowest BCUT2D eigenvalue weighted by Gasteiger charge is -1.96. The molecule has 0 atom stereocenters. The van der Waals surface area contributed by atoms with E-state index in [0.717, 1.165) is 6.08 Å². The first-order chi connectivity index (χ1) is 4.72. The zero-order valence-corrected chi connectivity index (χ0v) is 7.15. The molecule has 0 heterocycles. The molecule has 0 aliphatic carbocycles. The molecule has 0 aromatic rings. The van der Waals surface area contributed by atoms with E-state index in [9.17, 15) is 9.18 Å². The quantitative estimate of drug-likeness (QED) is 0.404. The molecule has 2 nitrogen and oxygen atoms in total. The summed E-state index contributed by atoms with van der Waals surface area (Å²) >= 11 is 2.95. The van der Waals surface area contributed by atoms with Gasteiger partial charge in [-0.05, 0) is 13.0 Å². The van der Waals surface area contributed by atoms with Crippen molar-refractivity contribution in [3.63, 3.8) is 0 Å². The maximum absolute atomic E-state index is 12.3. The third kappa shape index (κ3) is 3.61. The summed E-state index contributed by atoms with van der Waals surface area (Å²) in [4.78, 5) is 10.4. The van der Waals surface area contributed by atoms with Crippen molar-refractivity contribution < 1.29 is 13.9 Å². The molecule has 58 valence electrons. The molecule has 0 spiro atoms.